The van der Waals surface area contributed by atoms with Crippen LogP contribution >= 0.6 is 0 Å². The highest BCUT2D eigenvalue weighted by molar-refractivity contribution is 5.97. The van der Waals surface area contributed by atoms with E-state index >= 15 is 0 Å². The highest BCUT2D eigenvalue weighted by atomic mass is 16.2. The number of para-hydroxylation sites is 1. The lowest BCUT2D eigenvalue weighted by Crippen LogP contribution is -2.39. The number of hydrogen-bond acceptors (Lipinski definition) is 3. The van der Waals surface area contributed by atoms with Gasteiger partial charge in [-0.1, -0.05) is 18.2 Å². The molecule has 1 fully saturated rings. The quantitative estimate of drug-likeness (QED) is 0.578. The summed E-state index contributed by atoms with van der Waals surface area (Å²) in [6, 6.07) is 18.0. The van der Waals surface area contributed by atoms with Crippen molar-refractivity contribution < 1.29 is 4.79 Å². The van der Waals surface area contributed by atoms with Crippen molar-refractivity contribution in [2.24, 2.45) is 0 Å². The van der Waals surface area contributed by atoms with Crippen molar-refractivity contribution in [1.82, 2.24) is 24.6 Å². The molecule has 1 atom stereocenters. The largest absolute Gasteiger partial charge is 0.338 e. The van der Waals surface area contributed by atoms with E-state index in [1.807, 2.05) is 54.3 Å². The molecule has 5 rings (SSSR count). The van der Waals surface area contributed by atoms with Gasteiger partial charge in [-0.05, 0) is 56.2 Å². The molecule has 0 unspecified atom stereocenters. The first-order chi connectivity index (χ1) is 14.2. The standard InChI is InChI=1S/C23H23N5O/c1-16-25-21-14-17(9-10-22(21)28(16)19-7-3-2-4-8-19)23(29)27-13-5-6-18(15-27)20-11-12-24-26-20/h2-4,7-12,14,18H,5-6,13,15H2,1H3,(H,24,26)/t18-/m1/s1. The monoisotopic (exact) mass is 385 g/mol. The molecule has 0 radical (unpaired) electrons. The Morgan fingerprint density at radius 1 is 1.14 bits per heavy atom. The summed E-state index contributed by atoms with van der Waals surface area (Å²) in [7, 11) is 0. The molecule has 0 aliphatic carbocycles. The van der Waals surface area contributed by atoms with Gasteiger partial charge in [0.05, 0.1) is 11.0 Å². The fourth-order valence-electron chi connectivity index (χ4n) is 4.33. The fraction of sp³-hybridized carbons (Fsp3) is 0.261. The average molecular weight is 385 g/mol. The van der Waals surface area contributed by atoms with Crippen LogP contribution in [0.1, 0.15) is 40.6 Å². The molecule has 4 aromatic rings. The zero-order valence-electron chi connectivity index (χ0n) is 16.4. The number of likely N-dealkylation sites (tertiary alicyclic amines) is 1. The van der Waals surface area contributed by atoms with Gasteiger partial charge in [0.2, 0.25) is 0 Å². The number of piperidine rings is 1. The van der Waals surface area contributed by atoms with E-state index in [4.69, 9.17) is 4.98 Å². The number of nitrogens with one attached hydrogen (secondary N) is 1. The number of aromatic nitrogens is 4. The maximum atomic E-state index is 13.2. The van der Waals surface area contributed by atoms with Gasteiger partial charge < -0.3 is 4.90 Å². The average Bonchev–Trinajstić information content (AvgIpc) is 3.41. The van der Waals surface area contributed by atoms with Gasteiger partial charge in [0.25, 0.3) is 5.91 Å². The number of aryl methyl sites for hydroxylation is 1. The highest BCUT2D eigenvalue weighted by Crippen LogP contribution is 2.27. The summed E-state index contributed by atoms with van der Waals surface area (Å²) in [5, 5.41) is 7.11. The zero-order chi connectivity index (χ0) is 19.8. The summed E-state index contributed by atoms with van der Waals surface area (Å²) in [4.78, 5) is 19.9. The number of imidazole rings is 1. The number of carbonyl (C=O) groups is 1. The van der Waals surface area contributed by atoms with Gasteiger partial charge in [0.15, 0.2) is 0 Å². The Morgan fingerprint density at radius 2 is 2.00 bits per heavy atom. The Hall–Kier alpha value is -3.41. The lowest BCUT2D eigenvalue weighted by Gasteiger charge is -2.32. The number of hydrogen-bond donors (Lipinski definition) is 1. The molecular weight excluding hydrogens is 362 g/mol. The number of amides is 1. The first-order valence-corrected chi connectivity index (χ1v) is 10.0. The smallest absolute Gasteiger partial charge is 0.253 e. The predicted octanol–water partition coefficient (Wildman–Crippen LogP) is 4.08. The molecule has 146 valence electrons. The molecule has 0 saturated carbocycles. The third-order valence-electron chi connectivity index (χ3n) is 5.75. The number of nitrogens with zero attached hydrogens (tertiary/aromatic N) is 4. The molecule has 2 aromatic heterocycles. The summed E-state index contributed by atoms with van der Waals surface area (Å²) in [6.07, 6.45) is 3.85. The van der Waals surface area contributed by atoms with E-state index in [9.17, 15) is 4.79 Å². The van der Waals surface area contributed by atoms with Crippen LogP contribution in [0.3, 0.4) is 0 Å². The van der Waals surface area contributed by atoms with Crippen molar-refractivity contribution in [3.05, 3.63) is 77.9 Å². The number of aromatic amines is 1. The lowest BCUT2D eigenvalue weighted by molar-refractivity contribution is 0.0706. The number of fused-ring (bicyclic) bond motifs is 1. The Morgan fingerprint density at radius 3 is 2.79 bits per heavy atom. The minimum atomic E-state index is 0.0722. The molecule has 1 amide bonds. The Labute approximate surface area is 169 Å². The summed E-state index contributed by atoms with van der Waals surface area (Å²) in [5.41, 5.74) is 4.74. The van der Waals surface area contributed by atoms with Crippen LogP contribution in [0.4, 0.5) is 0 Å². The van der Waals surface area contributed by atoms with Crippen molar-refractivity contribution in [2.75, 3.05) is 13.1 Å². The first-order valence-electron chi connectivity index (χ1n) is 10.0. The van der Waals surface area contributed by atoms with Crippen LogP contribution < -0.4 is 0 Å². The summed E-state index contributed by atoms with van der Waals surface area (Å²) < 4.78 is 2.12. The van der Waals surface area contributed by atoms with Crippen molar-refractivity contribution in [1.29, 1.82) is 0 Å². The van der Waals surface area contributed by atoms with Gasteiger partial charge in [0, 0.05) is 42.1 Å². The number of benzene rings is 2. The second kappa shape index (κ2) is 7.20. The van der Waals surface area contributed by atoms with Crippen LogP contribution in [0, 0.1) is 6.92 Å². The van der Waals surface area contributed by atoms with Crippen LogP contribution in [0.25, 0.3) is 16.7 Å². The highest BCUT2D eigenvalue weighted by Gasteiger charge is 2.26. The van der Waals surface area contributed by atoms with Gasteiger partial charge in [0.1, 0.15) is 5.82 Å². The fourth-order valence-corrected chi connectivity index (χ4v) is 4.33. The van der Waals surface area contributed by atoms with Crippen molar-refractivity contribution in [3.63, 3.8) is 0 Å². The number of carbonyl (C=O) groups excluding carboxylic acids is 1. The minimum Gasteiger partial charge on any atom is -0.338 e. The van der Waals surface area contributed by atoms with E-state index in [0.717, 1.165) is 54.2 Å². The number of H-pyrrole nitrogens is 1. The van der Waals surface area contributed by atoms with Crippen molar-refractivity contribution in [3.8, 4) is 5.69 Å². The zero-order valence-corrected chi connectivity index (χ0v) is 16.4. The van der Waals surface area contributed by atoms with E-state index in [0.29, 0.717) is 11.5 Å². The molecule has 2 aromatic carbocycles. The van der Waals surface area contributed by atoms with E-state index in [2.05, 4.69) is 26.9 Å². The predicted molar refractivity (Wildman–Crippen MR) is 112 cm³/mol. The molecule has 6 heteroatoms. The van der Waals surface area contributed by atoms with Crippen LogP contribution in [0.2, 0.25) is 0 Å². The third-order valence-corrected chi connectivity index (χ3v) is 5.75. The SMILES string of the molecule is Cc1nc2cc(C(=O)N3CCC[C@@H](c4ccn[nH]4)C3)ccc2n1-c1ccccc1. The molecule has 0 bridgehead atoms. The molecule has 1 aliphatic rings. The molecule has 1 aliphatic heterocycles. The molecule has 6 nitrogen and oxygen atoms in total. The summed E-state index contributed by atoms with van der Waals surface area (Å²) in [6.45, 7) is 3.50. The molecule has 1 N–H and O–H groups in total. The van der Waals surface area contributed by atoms with E-state index in [1.165, 1.54) is 0 Å². The second-order valence-corrected chi connectivity index (χ2v) is 7.64. The summed E-state index contributed by atoms with van der Waals surface area (Å²) >= 11 is 0. The molecule has 0 spiro atoms. The van der Waals surface area contributed by atoms with Crippen molar-refractivity contribution in [2.45, 2.75) is 25.7 Å². The van der Waals surface area contributed by atoms with Gasteiger partial charge in [-0.2, -0.15) is 5.10 Å². The Balaban J connectivity index is 1.44. The van der Waals surface area contributed by atoms with E-state index < -0.39 is 0 Å². The Bertz CT molecular complexity index is 1150. The van der Waals surface area contributed by atoms with Gasteiger partial charge in [-0.3, -0.25) is 14.5 Å². The molecule has 1 saturated heterocycles. The Kier molecular flexibility index (Phi) is 4.39. The van der Waals surface area contributed by atoms with Crippen LogP contribution in [-0.2, 0) is 0 Å². The lowest BCUT2D eigenvalue weighted by atomic mass is 9.94. The van der Waals surface area contributed by atoms with Gasteiger partial charge >= 0.3 is 0 Å². The maximum Gasteiger partial charge on any atom is 0.253 e. The van der Waals surface area contributed by atoms with Gasteiger partial charge in [-0.15, -0.1) is 0 Å². The van der Waals surface area contributed by atoms with Crippen LogP contribution in [0.15, 0.2) is 60.8 Å². The van der Waals surface area contributed by atoms with Crippen LogP contribution in [0.5, 0.6) is 0 Å². The van der Waals surface area contributed by atoms with Gasteiger partial charge in [-0.25, -0.2) is 4.98 Å². The maximum absolute atomic E-state index is 13.2. The second-order valence-electron chi connectivity index (χ2n) is 7.64. The molecule has 29 heavy (non-hydrogen) atoms. The minimum absolute atomic E-state index is 0.0722. The number of rotatable bonds is 3. The molecular formula is C23H23N5O. The van der Waals surface area contributed by atoms with Crippen molar-refractivity contribution >= 4 is 16.9 Å². The van der Waals surface area contributed by atoms with E-state index in [-0.39, 0.29) is 5.91 Å². The van der Waals surface area contributed by atoms with E-state index in [1.54, 1.807) is 6.20 Å². The first kappa shape index (κ1) is 17.7. The topological polar surface area (TPSA) is 66.8 Å². The summed E-state index contributed by atoms with van der Waals surface area (Å²) in [5.74, 6) is 1.30. The molecule has 3 heterocycles. The third kappa shape index (κ3) is 3.20. The normalized spacial score (nSPS) is 17.0. The van der Waals surface area contributed by atoms with Crippen LogP contribution in [-0.4, -0.2) is 43.6 Å².